The van der Waals surface area contributed by atoms with Crippen molar-refractivity contribution in [1.82, 2.24) is 4.98 Å². The molecule has 0 atom stereocenters. The Hall–Kier alpha value is -1.89. The summed E-state index contributed by atoms with van der Waals surface area (Å²) >= 11 is 1.13. The van der Waals surface area contributed by atoms with Crippen molar-refractivity contribution < 1.29 is 22.7 Å². The molecule has 3 nitrogen and oxygen atoms in total. The average Bonchev–Trinajstić information content (AvgIpc) is 2.92. The van der Waals surface area contributed by atoms with E-state index in [1.807, 2.05) is 0 Å². The molecular formula is C14H12F3NO2S. The van der Waals surface area contributed by atoms with Crippen molar-refractivity contribution in [3.63, 3.8) is 0 Å². The zero-order valence-electron chi connectivity index (χ0n) is 11.1. The first-order valence-electron chi connectivity index (χ1n) is 6.09. The predicted molar refractivity (Wildman–Crippen MR) is 72.9 cm³/mol. The Morgan fingerprint density at radius 1 is 1.33 bits per heavy atom. The lowest BCUT2D eigenvalue weighted by Crippen LogP contribution is -2.06. The van der Waals surface area contributed by atoms with E-state index in [-0.39, 0.29) is 18.0 Å². The summed E-state index contributed by atoms with van der Waals surface area (Å²) in [4.78, 5) is 15.2. The molecule has 112 valence electrons. The summed E-state index contributed by atoms with van der Waals surface area (Å²) in [6.07, 6.45) is -3.92. The summed E-state index contributed by atoms with van der Waals surface area (Å²) < 4.78 is 43.4. The van der Waals surface area contributed by atoms with Gasteiger partial charge in [0.1, 0.15) is 5.01 Å². The fourth-order valence-corrected chi connectivity index (χ4v) is 2.69. The fraction of sp³-hybridized carbons (Fsp3) is 0.286. The number of ether oxygens (including phenoxy) is 1. The monoisotopic (exact) mass is 315 g/mol. The molecule has 0 fully saturated rings. The maximum Gasteiger partial charge on any atom is 0.417 e. The normalized spacial score (nSPS) is 11.4. The zero-order chi connectivity index (χ0) is 15.5. The quantitative estimate of drug-likeness (QED) is 0.802. The van der Waals surface area contributed by atoms with Crippen LogP contribution in [0.2, 0.25) is 0 Å². The molecule has 2 aromatic rings. The summed E-state index contributed by atoms with van der Waals surface area (Å²) in [6, 6.07) is 5.31. The zero-order valence-corrected chi connectivity index (χ0v) is 11.9. The summed E-state index contributed by atoms with van der Waals surface area (Å²) in [5.74, 6) is -0.375. The number of benzene rings is 1. The fourth-order valence-electron chi connectivity index (χ4n) is 1.79. The summed E-state index contributed by atoms with van der Waals surface area (Å²) in [5, 5.41) is 1.95. The number of carbonyl (C=O) groups is 1. The third-order valence-electron chi connectivity index (χ3n) is 2.83. The molecule has 1 aromatic carbocycles. The van der Waals surface area contributed by atoms with Crippen molar-refractivity contribution in [1.29, 1.82) is 0 Å². The molecular weight excluding hydrogens is 303 g/mol. The van der Waals surface area contributed by atoms with Gasteiger partial charge in [0.2, 0.25) is 0 Å². The van der Waals surface area contributed by atoms with Crippen LogP contribution in [0.4, 0.5) is 13.2 Å². The highest BCUT2D eigenvalue weighted by molar-refractivity contribution is 7.13. The minimum atomic E-state index is -4.42. The SMILES string of the molecule is COC(=O)CCc1csc(-c2ccccc2C(F)(F)F)n1. The number of thiazole rings is 1. The second kappa shape index (κ2) is 6.26. The number of halogens is 3. The summed E-state index contributed by atoms with van der Waals surface area (Å²) in [6.45, 7) is 0. The minimum Gasteiger partial charge on any atom is -0.469 e. The van der Waals surface area contributed by atoms with E-state index in [0.717, 1.165) is 17.4 Å². The number of aromatic nitrogens is 1. The molecule has 2 rings (SSSR count). The molecule has 1 aromatic heterocycles. The van der Waals surface area contributed by atoms with Crippen LogP contribution in [0.3, 0.4) is 0 Å². The number of aryl methyl sites for hydroxylation is 1. The van der Waals surface area contributed by atoms with E-state index < -0.39 is 11.7 Å². The Morgan fingerprint density at radius 2 is 2.05 bits per heavy atom. The number of methoxy groups -OCH3 is 1. The van der Waals surface area contributed by atoms with E-state index in [9.17, 15) is 18.0 Å². The van der Waals surface area contributed by atoms with Crippen molar-refractivity contribution in [2.75, 3.05) is 7.11 Å². The van der Waals surface area contributed by atoms with Crippen molar-refractivity contribution in [3.05, 3.63) is 40.9 Å². The Morgan fingerprint density at radius 3 is 2.71 bits per heavy atom. The number of esters is 1. The molecule has 0 aliphatic heterocycles. The largest absolute Gasteiger partial charge is 0.469 e. The number of alkyl halides is 3. The molecule has 0 N–H and O–H groups in total. The van der Waals surface area contributed by atoms with Crippen LogP contribution in [-0.4, -0.2) is 18.1 Å². The van der Waals surface area contributed by atoms with Gasteiger partial charge in [-0.25, -0.2) is 4.98 Å². The molecule has 21 heavy (non-hydrogen) atoms. The van der Waals surface area contributed by atoms with Crippen LogP contribution in [-0.2, 0) is 22.1 Å². The van der Waals surface area contributed by atoms with Crippen LogP contribution in [0.1, 0.15) is 17.7 Å². The van der Waals surface area contributed by atoms with Crippen molar-refractivity contribution in [3.8, 4) is 10.6 Å². The maximum absolute atomic E-state index is 13.0. The number of rotatable bonds is 4. The number of hydrogen-bond donors (Lipinski definition) is 0. The van der Waals surface area contributed by atoms with Crippen molar-refractivity contribution >= 4 is 17.3 Å². The Kier molecular flexibility index (Phi) is 4.62. The van der Waals surface area contributed by atoms with Gasteiger partial charge in [0.05, 0.1) is 24.8 Å². The molecule has 0 aliphatic carbocycles. The van der Waals surface area contributed by atoms with Gasteiger partial charge in [0.15, 0.2) is 0 Å². The van der Waals surface area contributed by atoms with Crippen LogP contribution < -0.4 is 0 Å². The Balaban J connectivity index is 2.24. The van der Waals surface area contributed by atoms with Crippen LogP contribution >= 0.6 is 11.3 Å². The van der Waals surface area contributed by atoms with E-state index in [1.165, 1.54) is 19.2 Å². The van der Waals surface area contributed by atoms with Crippen molar-refractivity contribution in [2.45, 2.75) is 19.0 Å². The third kappa shape index (κ3) is 3.81. The average molecular weight is 315 g/mol. The maximum atomic E-state index is 13.0. The van der Waals surface area contributed by atoms with Gasteiger partial charge in [-0.15, -0.1) is 11.3 Å². The van der Waals surface area contributed by atoms with E-state index >= 15 is 0 Å². The van der Waals surface area contributed by atoms with Crippen LogP contribution in [0.25, 0.3) is 10.6 Å². The summed E-state index contributed by atoms with van der Waals surface area (Å²) in [7, 11) is 1.29. The van der Waals surface area contributed by atoms with Gasteiger partial charge in [-0.3, -0.25) is 4.79 Å². The standard InChI is InChI=1S/C14H12F3NO2S/c1-20-12(19)7-6-9-8-21-13(18-9)10-4-2-3-5-11(10)14(15,16)17/h2-5,8H,6-7H2,1H3. The van der Waals surface area contributed by atoms with Gasteiger partial charge < -0.3 is 4.74 Å². The van der Waals surface area contributed by atoms with Crippen LogP contribution in [0, 0.1) is 0 Å². The first kappa shape index (κ1) is 15.5. The first-order valence-corrected chi connectivity index (χ1v) is 6.97. The van der Waals surface area contributed by atoms with Gasteiger partial charge in [0.25, 0.3) is 0 Å². The van der Waals surface area contributed by atoms with Crippen LogP contribution in [0.5, 0.6) is 0 Å². The highest BCUT2D eigenvalue weighted by Gasteiger charge is 2.33. The molecule has 0 radical (unpaired) electrons. The number of nitrogens with zero attached hydrogens (tertiary/aromatic N) is 1. The highest BCUT2D eigenvalue weighted by Crippen LogP contribution is 2.37. The van der Waals surface area contributed by atoms with Crippen molar-refractivity contribution in [2.24, 2.45) is 0 Å². The number of hydrogen-bond acceptors (Lipinski definition) is 4. The topological polar surface area (TPSA) is 39.2 Å². The first-order chi connectivity index (χ1) is 9.91. The lowest BCUT2D eigenvalue weighted by atomic mass is 10.1. The van der Waals surface area contributed by atoms with Crippen LogP contribution in [0.15, 0.2) is 29.6 Å². The molecule has 0 saturated carbocycles. The Bertz CT molecular complexity index is 637. The summed E-state index contributed by atoms with van der Waals surface area (Å²) in [5.41, 5.74) is -0.0736. The van der Waals surface area contributed by atoms with E-state index in [0.29, 0.717) is 17.1 Å². The number of carbonyl (C=O) groups excluding carboxylic acids is 1. The molecule has 0 spiro atoms. The molecule has 7 heteroatoms. The molecule has 0 amide bonds. The van der Waals surface area contributed by atoms with E-state index in [4.69, 9.17) is 0 Å². The van der Waals surface area contributed by atoms with Gasteiger partial charge in [0, 0.05) is 17.4 Å². The van der Waals surface area contributed by atoms with Gasteiger partial charge in [-0.1, -0.05) is 18.2 Å². The Labute approximate surface area is 123 Å². The highest BCUT2D eigenvalue weighted by atomic mass is 32.1. The molecule has 0 saturated heterocycles. The minimum absolute atomic E-state index is 0.0549. The smallest absolute Gasteiger partial charge is 0.417 e. The third-order valence-corrected chi connectivity index (χ3v) is 3.75. The van der Waals surface area contributed by atoms with Gasteiger partial charge in [-0.2, -0.15) is 13.2 Å². The molecule has 1 heterocycles. The second-order valence-electron chi connectivity index (χ2n) is 4.26. The molecule has 0 unspecified atom stereocenters. The predicted octanol–water partition coefficient (Wildman–Crippen LogP) is 3.93. The second-order valence-corrected chi connectivity index (χ2v) is 5.12. The van der Waals surface area contributed by atoms with Gasteiger partial charge in [-0.05, 0) is 6.07 Å². The van der Waals surface area contributed by atoms with Gasteiger partial charge >= 0.3 is 12.1 Å². The lowest BCUT2D eigenvalue weighted by molar-refractivity contribution is -0.140. The molecule has 0 aliphatic rings. The molecule has 0 bridgehead atoms. The van der Waals surface area contributed by atoms with E-state index in [2.05, 4.69) is 9.72 Å². The van der Waals surface area contributed by atoms with E-state index in [1.54, 1.807) is 11.4 Å². The lowest BCUT2D eigenvalue weighted by Gasteiger charge is -2.10.